The van der Waals surface area contributed by atoms with E-state index in [1.54, 1.807) is 0 Å². The first-order valence-corrected chi connectivity index (χ1v) is 21.6. The van der Waals surface area contributed by atoms with Gasteiger partial charge in [0, 0.05) is 34.5 Å². The maximum Gasteiger partial charge on any atom is 0.125 e. The molecule has 3 aliphatic heterocycles. The summed E-state index contributed by atoms with van der Waals surface area (Å²) in [6, 6.07) is 29.7. The molecule has 288 valence electrons. The van der Waals surface area contributed by atoms with E-state index in [0.717, 1.165) is 57.8 Å². The molecule has 3 heterocycles. The van der Waals surface area contributed by atoms with Crippen molar-refractivity contribution in [3.05, 3.63) is 197 Å². The maximum absolute atomic E-state index is 5.34. The normalized spacial score (nSPS) is 27.1. The Bertz CT molecular complexity index is 2460. The minimum absolute atomic E-state index is 0.0128. The van der Waals surface area contributed by atoms with Crippen molar-refractivity contribution < 1.29 is 0 Å². The van der Waals surface area contributed by atoms with E-state index in [0.29, 0.717) is 5.92 Å². The van der Waals surface area contributed by atoms with E-state index in [2.05, 4.69) is 178 Å². The van der Waals surface area contributed by atoms with E-state index in [9.17, 15) is 0 Å². The molecule has 5 nitrogen and oxygen atoms in total. The third-order valence-electron chi connectivity index (χ3n) is 13.3. The number of allylic oxidation sites excluding steroid dienone is 12. The number of nitrogens with one attached hydrogen (secondary N) is 2. The molecule has 0 saturated carbocycles. The van der Waals surface area contributed by atoms with Crippen LogP contribution in [-0.4, -0.2) is 24.2 Å². The fourth-order valence-electron chi connectivity index (χ4n) is 10.5. The Morgan fingerprint density at radius 2 is 1.57 bits per heavy atom. The van der Waals surface area contributed by atoms with Crippen molar-refractivity contribution in [1.82, 2.24) is 10.6 Å². The average molecular weight is 758 g/mol. The molecule has 3 aromatic rings. The lowest BCUT2D eigenvalue weighted by Gasteiger charge is -2.37. The summed E-state index contributed by atoms with van der Waals surface area (Å²) in [5, 5.41) is 7.69. The Morgan fingerprint density at radius 3 is 2.40 bits per heavy atom. The largest absolute Gasteiger partial charge is 0.354 e. The Hall–Kier alpha value is -5.91. The molecular formula is C53H51N5. The van der Waals surface area contributed by atoms with Gasteiger partial charge in [0.25, 0.3) is 0 Å². The van der Waals surface area contributed by atoms with Crippen LogP contribution in [0, 0.1) is 11.8 Å². The van der Waals surface area contributed by atoms with Crippen LogP contribution >= 0.6 is 0 Å². The minimum atomic E-state index is -0.0128. The molecule has 0 fully saturated rings. The second-order valence-electron chi connectivity index (χ2n) is 16.7. The van der Waals surface area contributed by atoms with Crippen LogP contribution in [0.15, 0.2) is 191 Å². The average Bonchev–Trinajstić information content (AvgIpc) is 3.59. The van der Waals surface area contributed by atoms with Gasteiger partial charge in [-0.1, -0.05) is 121 Å². The molecule has 0 spiro atoms. The monoisotopic (exact) mass is 757 g/mol. The van der Waals surface area contributed by atoms with Gasteiger partial charge in [0.15, 0.2) is 0 Å². The molecule has 0 saturated heterocycles. The SMILES string of the molecule is C1=CC2C3=C(c4ccccc4N(c4ccc(C5=CC=C(C6N=C(C7CC=CCC7)NC(C7=CCCC=C7)N6)CC5)cc4)C4=C3CCC=C4)N(c3ccccc3)C2C=C1. The molecule has 5 unspecified atom stereocenters. The number of benzene rings is 3. The van der Waals surface area contributed by atoms with Crippen LogP contribution in [0.3, 0.4) is 0 Å². The van der Waals surface area contributed by atoms with Gasteiger partial charge in [-0.15, -0.1) is 0 Å². The lowest BCUT2D eigenvalue weighted by atomic mass is 9.82. The second kappa shape index (κ2) is 15.1. The smallest absolute Gasteiger partial charge is 0.125 e. The molecule has 0 radical (unpaired) electrons. The fourth-order valence-corrected chi connectivity index (χ4v) is 10.5. The van der Waals surface area contributed by atoms with Crippen molar-refractivity contribution in [2.45, 2.75) is 76.2 Å². The van der Waals surface area contributed by atoms with Crippen LogP contribution in [0.2, 0.25) is 0 Å². The van der Waals surface area contributed by atoms with E-state index >= 15 is 0 Å². The van der Waals surface area contributed by atoms with Crippen LogP contribution in [0.25, 0.3) is 11.3 Å². The van der Waals surface area contributed by atoms with E-state index in [4.69, 9.17) is 4.99 Å². The van der Waals surface area contributed by atoms with Crippen LogP contribution in [0.1, 0.15) is 68.9 Å². The summed E-state index contributed by atoms with van der Waals surface area (Å²) in [4.78, 5) is 10.5. The van der Waals surface area contributed by atoms with Crippen molar-refractivity contribution in [3.8, 4) is 0 Å². The second-order valence-corrected chi connectivity index (χ2v) is 16.7. The van der Waals surface area contributed by atoms with Gasteiger partial charge in [-0.25, -0.2) is 4.99 Å². The van der Waals surface area contributed by atoms with Crippen LogP contribution in [0.5, 0.6) is 0 Å². The van der Waals surface area contributed by atoms with Crippen molar-refractivity contribution in [3.63, 3.8) is 0 Å². The van der Waals surface area contributed by atoms with Gasteiger partial charge >= 0.3 is 0 Å². The number of hydrogen-bond donors (Lipinski definition) is 2. The molecule has 2 N–H and O–H groups in total. The highest BCUT2D eigenvalue weighted by molar-refractivity contribution is 5.97. The third kappa shape index (κ3) is 6.24. The Kier molecular flexibility index (Phi) is 9.19. The summed E-state index contributed by atoms with van der Waals surface area (Å²) in [5.74, 6) is 1.92. The van der Waals surface area contributed by atoms with Crippen molar-refractivity contribution in [2.75, 3.05) is 9.80 Å². The molecule has 0 aromatic heterocycles. The molecular weight excluding hydrogens is 707 g/mol. The molecule has 8 aliphatic rings. The first kappa shape index (κ1) is 35.3. The summed E-state index contributed by atoms with van der Waals surface area (Å²) in [7, 11) is 0. The lowest BCUT2D eigenvalue weighted by molar-refractivity contribution is 0.434. The lowest BCUT2D eigenvalue weighted by Crippen LogP contribution is -2.57. The predicted octanol–water partition coefficient (Wildman–Crippen LogP) is 11.8. The van der Waals surface area contributed by atoms with Crippen LogP contribution < -0.4 is 20.4 Å². The summed E-state index contributed by atoms with van der Waals surface area (Å²) in [6.07, 6.45) is 40.1. The fraction of sp³-hybridized carbons (Fsp3) is 0.264. The zero-order valence-electron chi connectivity index (χ0n) is 33.1. The van der Waals surface area contributed by atoms with Gasteiger partial charge in [-0.3, -0.25) is 5.32 Å². The Morgan fingerprint density at radius 1 is 0.707 bits per heavy atom. The highest BCUT2D eigenvalue weighted by Gasteiger charge is 2.45. The van der Waals surface area contributed by atoms with Crippen LogP contribution in [0.4, 0.5) is 17.1 Å². The third-order valence-corrected chi connectivity index (χ3v) is 13.3. The number of para-hydroxylation sites is 2. The molecule has 5 heteroatoms. The molecule has 5 atom stereocenters. The Labute approximate surface area is 343 Å². The minimum Gasteiger partial charge on any atom is -0.354 e. The van der Waals surface area contributed by atoms with E-state index < -0.39 is 0 Å². The molecule has 0 bridgehead atoms. The molecule has 58 heavy (non-hydrogen) atoms. The summed E-state index contributed by atoms with van der Waals surface area (Å²) < 4.78 is 0. The standard InChI is InChI=1S/C53H51N5/c1-4-16-38(17-5-1)51-54-52(39-18-6-2-7-19-39)56-53(55-51)40-30-28-36(29-31-40)37-32-34-42(35-33-37)57-46-25-13-10-22-43(46)49-44-23-11-14-26-47(44)58(41-20-8-3-9-21-41)50(49)45-24-12-15-27-48(45)57/h1,3-4,6,8-9,11-15,18-21,23-28,30,32-35,38,44,47,52-53,56H,2,5,7,10,16-17,22,29,31H2,(H,54,55). The van der Waals surface area contributed by atoms with Crippen molar-refractivity contribution in [2.24, 2.45) is 16.8 Å². The number of amidine groups is 1. The van der Waals surface area contributed by atoms with Gasteiger partial charge in [-0.05, 0) is 128 Å². The summed E-state index contributed by atoms with van der Waals surface area (Å²) in [6.45, 7) is 0. The summed E-state index contributed by atoms with van der Waals surface area (Å²) >= 11 is 0. The van der Waals surface area contributed by atoms with Crippen LogP contribution in [-0.2, 0) is 0 Å². The van der Waals surface area contributed by atoms with E-state index in [-0.39, 0.29) is 24.3 Å². The molecule has 5 aliphatic carbocycles. The van der Waals surface area contributed by atoms with E-state index in [1.165, 1.54) is 73.3 Å². The van der Waals surface area contributed by atoms with Gasteiger partial charge in [-0.2, -0.15) is 0 Å². The maximum atomic E-state index is 5.34. The van der Waals surface area contributed by atoms with Crippen molar-refractivity contribution in [1.29, 1.82) is 0 Å². The zero-order valence-corrected chi connectivity index (χ0v) is 33.1. The summed E-state index contributed by atoms with van der Waals surface area (Å²) in [5.41, 5.74) is 15.9. The first-order valence-electron chi connectivity index (χ1n) is 21.6. The molecule has 3 aromatic carbocycles. The Balaban J connectivity index is 0.923. The van der Waals surface area contributed by atoms with Gasteiger partial charge in [0.2, 0.25) is 0 Å². The van der Waals surface area contributed by atoms with Crippen molar-refractivity contribution >= 4 is 34.2 Å². The zero-order chi connectivity index (χ0) is 38.4. The van der Waals surface area contributed by atoms with Gasteiger partial charge in [0.05, 0.1) is 17.4 Å². The predicted molar refractivity (Wildman–Crippen MR) is 241 cm³/mol. The first-order chi connectivity index (χ1) is 28.8. The van der Waals surface area contributed by atoms with E-state index in [1.807, 2.05) is 0 Å². The van der Waals surface area contributed by atoms with Gasteiger partial charge in [0.1, 0.15) is 18.2 Å². The number of anilines is 3. The highest BCUT2D eigenvalue weighted by Crippen LogP contribution is 2.55. The number of aliphatic imine (C=N–C) groups is 1. The number of nitrogens with zero attached hydrogens (tertiary/aromatic N) is 3. The highest BCUT2D eigenvalue weighted by atomic mass is 15.3. The quantitative estimate of drug-likeness (QED) is 0.246. The number of fused-ring (bicyclic) bond motifs is 5. The molecule has 11 rings (SSSR count). The molecule has 0 amide bonds. The number of rotatable bonds is 6. The topological polar surface area (TPSA) is 42.9 Å². The van der Waals surface area contributed by atoms with Gasteiger partial charge < -0.3 is 15.1 Å². The number of hydrogen-bond acceptors (Lipinski definition) is 5.